The third-order valence-corrected chi connectivity index (χ3v) is 2.95. The number of hydrogen-bond acceptors (Lipinski definition) is 2. The van der Waals surface area contributed by atoms with Crippen molar-refractivity contribution in [3.8, 4) is 0 Å². The molecule has 2 N–H and O–H groups in total. The molecule has 2 nitrogen and oxygen atoms in total. The van der Waals surface area contributed by atoms with Gasteiger partial charge >= 0.3 is 0 Å². The Bertz CT molecular complexity index is 491. The maximum atomic E-state index is 6.00. The number of nitrogens with zero attached hydrogens (tertiary/aromatic N) is 1. The number of nitrogen functional groups attached to an aromatic ring is 1. The van der Waals surface area contributed by atoms with Gasteiger partial charge in [-0.15, -0.1) is 0 Å². The average molecular weight is 261 g/mol. The van der Waals surface area contributed by atoms with Crippen molar-refractivity contribution < 1.29 is 0 Å². The summed E-state index contributed by atoms with van der Waals surface area (Å²) < 4.78 is 0. The molecule has 0 aliphatic rings. The molecule has 0 radical (unpaired) electrons. The summed E-state index contributed by atoms with van der Waals surface area (Å²) in [6.07, 6.45) is 0. The third-order valence-electron chi connectivity index (χ3n) is 2.73. The Balaban J connectivity index is 2.01. The first kappa shape index (κ1) is 12.9. The summed E-state index contributed by atoms with van der Waals surface area (Å²) >= 11 is 6.00. The number of nitrogens with two attached hydrogens (primary N) is 1. The van der Waals surface area contributed by atoms with Crippen molar-refractivity contribution in [2.75, 3.05) is 12.8 Å². The van der Waals surface area contributed by atoms with Gasteiger partial charge in [0.25, 0.3) is 0 Å². The van der Waals surface area contributed by atoms with Crippen molar-refractivity contribution in [1.82, 2.24) is 4.90 Å². The minimum Gasteiger partial charge on any atom is -0.399 e. The molecule has 0 fully saturated rings. The molecule has 2 aromatic carbocycles. The first-order chi connectivity index (χ1) is 8.63. The van der Waals surface area contributed by atoms with Crippen molar-refractivity contribution in [1.29, 1.82) is 0 Å². The predicted octanol–water partition coefficient (Wildman–Crippen LogP) is 3.55. The van der Waals surface area contributed by atoms with Crippen LogP contribution < -0.4 is 5.73 Å². The van der Waals surface area contributed by atoms with E-state index >= 15 is 0 Å². The Morgan fingerprint density at radius 1 is 1.00 bits per heavy atom. The van der Waals surface area contributed by atoms with Gasteiger partial charge in [-0.25, -0.2) is 0 Å². The van der Waals surface area contributed by atoms with Gasteiger partial charge in [0.15, 0.2) is 0 Å². The predicted molar refractivity (Wildman–Crippen MR) is 77.5 cm³/mol. The highest BCUT2D eigenvalue weighted by molar-refractivity contribution is 6.30. The molecule has 0 aliphatic heterocycles. The smallest absolute Gasteiger partial charge is 0.0429 e. The average Bonchev–Trinajstić information content (AvgIpc) is 2.28. The lowest BCUT2D eigenvalue weighted by Crippen LogP contribution is -2.17. The number of rotatable bonds is 4. The monoisotopic (exact) mass is 260 g/mol. The lowest BCUT2D eigenvalue weighted by Gasteiger charge is -2.17. The molecular formula is C15H17ClN2. The van der Waals surface area contributed by atoms with Crippen molar-refractivity contribution in [2.24, 2.45) is 0 Å². The van der Waals surface area contributed by atoms with Crippen LogP contribution in [-0.2, 0) is 13.1 Å². The largest absolute Gasteiger partial charge is 0.399 e. The highest BCUT2D eigenvalue weighted by atomic mass is 35.5. The van der Waals surface area contributed by atoms with Gasteiger partial charge in [-0.1, -0.05) is 41.9 Å². The minimum absolute atomic E-state index is 0.693. The Kier molecular flexibility index (Phi) is 4.24. The Morgan fingerprint density at radius 3 is 2.33 bits per heavy atom. The topological polar surface area (TPSA) is 29.3 Å². The van der Waals surface area contributed by atoms with E-state index in [1.165, 1.54) is 5.56 Å². The Morgan fingerprint density at radius 2 is 1.67 bits per heavy atom. The molecule has 0 spiro atoms. The van der Waals surface area contributed by atoms with E-state index in [1.54, 1.807) is 6.07 Å². The van der Waals surface area contributed by atoms with Crippen LogP contribution in [0, 0.1) is 0 Å². The van der Waals surface area contributed by atoms with Gasteiger partial charge in [-0.05, 0) is 36.4 Å². The van der Waals surface area contributed by atoms with Crippen LogP contribution in [0.15, 0.2) is 48.5 Å². The zero-order chi connectivity index (χ0) is 13.0. The van der Waals surface area contributed by atoms with Crippen LogP contribution in [0.5, 0.6) is 0 Å². The van der Waals surface area contributed by atoms with Crippen molar-refractivity contribution in [3.05, 3.63) is 64.7 Å². The van der Waals surface area contributed by atoms with Gasteiger partial charge in [0.2, 0.25) is 0 Å². The second-order valence-corrected chi connectivity index (χ2v) is 4.99. The van der Waals surface area contributed by atoms with Gasteiger partial charge in [0.1, 0.15) is 0 Å². The molecule has 0 amide bonds. The molecule has 94 valence electrons. The molecule has 0 heterocycles. The molecule has 0 saturated heterocycles. The molecule has 0 unspecified atom stereocenters. The summed E-state index contributed by atoms with van der Waals surface area (Å²) in [6, 6.07) is 16.1. The SMILES string of the molecule is CN(Cc1ccccc1)Cc1cc(N)cc(Cl)c1. The summed E-state index contributed by atoms with van der Waals surface area (Å²) in [7, 11) is 2.09. The molecule has 0 aliphatic carbocycles. The normalized spacial score (nSPS) is 10.8. The summed E-state index contributed by atoms with van der Waals surface area (Å²) in [4.78, 5) is 2.24. The fourth-order valence-electron chi connectivity index (χ4n) is 2.03. The van der Waals surface area contributed by atoms with Crippen LogP contribution in [0.4, 0.5) is 5.69 Å². The summed E-state index contributed by atoms with van der Waals surface area (Å²) in [6.45, 7) is 1.74. The van der Waals surface area contributed by atoms with E-state index in [2.05, 4.69) is 36.2 Å². The van der Waals surface area contributed by atoms with E-state index in [1.807, 2.05) is 18.2 Å². The van der Waals surface area contributed by atoms with Crippen LogP contribution in [0.2, 0.25) is 5.02 Å². The maximum absolute atomic E-state index is 6.00. The first-order valence-electron chi connectivity index (χ1n) is 5.91. The second kappa shape index (κ2) is 5.89. The van der Waals surface area contributed by atoms with Gasteiger partial charge < -0.3 is 5.73 Å². The molecule has 0 atom stereocenters. The molecule has 2 rings (SSSR count). The number of benzene rings is 2. The number of halogens is 1. The highest BCUT2D eigenvalue weighted by Crippen LogP contribution is 2.18. The fourth-order valence-corrected chi connectivity index (χ4v) is 2.30. The molecule has 0 bridgehead atoms. The Labute approximate surface area is 113 Å². The second-order valence-electron chi connectivity index (χ2n) is 4.55. The zero-order valence-corrected chi connectivity index (χ0v) is 11.2. The van der Waals surface area contributed by atoms with Gasteiger partial charge in [-0.3, -0.25) is 4.90 Å². The lowest BCUT2D eigenvalue weighted by molar-refractivity contribution is 0.319. The maximum Gasteiger partial charge on any atom is 0.0429 e. The number of anilines is 1. The molecule has 3 heteroatoms. The van der Waals surface area contributed by atoms with Gasteiger partial charge in [-0.2, -0.15) is 0 Å². The van der Waals surface area contributed by atoms with E-state index in [4.69, 9.17) is 17.3 Å². The van der Waals surface area contributed by atoms with Crippen LogP contribution in [-0.4, -0.2) is 11.9 Å². The van der Waals surface area contributed by atoms with Crippen LogP contribution in [0.25, 0.3) is 0 Å². The quantitative estimate of drug-likeness (QED) is 0.852. The number of hydrogen-bond donors (Lipinski definition) is 1. The van der Waals surface area contributed by atoms with Crippen molar-refractivity contribution >= 4 is 17.3 Å². The minimum atomic E-state index is 0.693. The highest BCUT2D eigenvalue weighted by Gasteiger charge is 2.03. The van der Waals surface area contributed by atoms with Crippen LogP contribution >= 0.6 is 11.6 Å². The van der Waals surface area contributed by atoms with Crippen molar-refractivity contribution in [3.63, 3.8) is 0 Å². The Hall–Kier alpha value is -1.51. The van der Waals surface area contributed by atoms with E-state index in [9.17, 15) is 0 Å². The molecule has 18 heavy (non-hydrogen) atoms. The summed E-state index contributed by atoms with van der Waals surface area (Å²) in [5.74, 6) is 0. The van der Waals surface area contributed by atoms with Crippen molar-refractivity contribution in [2.45, 2.75) is 13.1 Å². The standard InChI is InChI=1S/C15H17ClN2/c1-18(10-12-5-3-2-4-6-12)11-13-7-14(16)9-15(17)8-13/h2-9H,10-11,17H2,1H3. The molecule has 0 aromatic heterocycles. The first-order valence-corrected chi connectivity index (χ1v) is 6.29. The molecular weight excluding hydrogens is 244 g/mol. The van der Waals surface area contributed by atoms with E-state index < -0.39 is 0 Å². The summed E-state index contributed by atoms with van der Waals surface area (Å²) in [5.41, 5.74) is 8.94. The zero-order valence-electron chi connectivity index (χ0n) is 10.4. The molecule has 2 aromatic rings. The van der Waals surface area contributed by atoms with Gasteiger partial charge in [0.05, 0.1) is 0 Å². The van der Waals surface area contributed by atoms with Crippen LogP contribution in [0.1, 0.15) is 11.1 Å². The van der Waals surface area contributed by atoms with E-state index in [0.717, 1.165) is 18.7 Å². The lowest BCUT2D eigenvalue weighted by atomic mass is 10.1. The van der Waals surface area contributed by atoms with E-state index in [-0.39, 0.29) is 0 Å². The fraction of sp³-hybridized carbons (Fsp3) is 0.200. The van der Waals surface area contributed by atoms with E-state index in [0.29, 0.717) is 10.7 Å². The third kappa shape index (κ3) is 3.76. The van der Waals surface area contributed by atoms with Gasteiger partial charge in [0, 0.05) is 23.8 Å². The van der Waals surface area contributed by atoms with Crippen LogP contribution in [0.3, 0.4) is 0 Å². The molecule has 0 saturated carbocycles. The summed E-state index contributed by atoms with van der Waals surface area (Å²) in [5, 5.41) is 0.693.